The van der Waals surface area contributed by atoms with Crippen LogP contribution in [0.3, 0.4) is 0 Å². The lowest BCUT2D eigenvalue weighted by Crippen LogP contribution is -1.99. The average molecular weight is 398 g/mol. The molecule has 0 aliphatic rings. The maximum atomic E-state index is 10.6. The fourth-order valence-corrected chi connectivity index (χ4v) is 2.15. The second kappa shape index (κ2) is 7.78. The third kappa shape index (κ3) is 5.55. The molecule has 0 radical (unpaired) electrons. The first-order valence-corrected chi connectivity index (χ1v) is 7.18. The van der Waals surface area contributed by atoms with E-state index in [1.54, 1.807) is 30.3 Å². The summed E-state index contributed by atoms with van der Waals surface area (Å²) >= 11 is 2.01. The standard InChI is InChI=1S/C8H7IO2.C8H8O2/c1-5-2-3-7(9)6(4-5)8(10)11;1-6-3-2-4-7(5-6)8(9)10/h2-4H,1H3,(H,10,11);2-5H,1H3,(H,9,10). The second-order valence-corrected chi connectivity index (χ2v) is 5.63. The van der Waals surface area contributed by atoms with Crippen molar-refractivity contribution in [2.75, 3.05) is 0 Å². The molecule has 0 bridgehead atoms. The lowest BCUT2D eigenvalue weighted by atomic mass is 10.1. The van der Waals surface area contributed by atoms with E-state index in [1.807, 2.05) is 48.6 Å². The van der Waals surface area contributed by atoms with Gasteiger partial charge in [0.05, 0.1) is 11.1 Å². The lowest BCUT2D eigenvalue weighted by Gasteiger charge is -1.98. The molecule has 2 rings (SSSR count). The van der Waals surface area contributed by atoms with Gasteiger partial charge in [-0.05, 0) is 60.7 Å². The number of halogens is 1. The molecule has 0 saturated heterocycles. The number of hydrogen-bond acceptors (Lipinski definition) is 2. The van der Waals surface area contributed by atoms with Crippen LogP contribution in [0.5, 0.6) is 0 Å². The summed E-state index contributed by atoms with van der Waals surface area (Å²) in [7, 11) is 0. The van der Waals surface area contributed by atoms with Crippen molar-refractivity contribution in [3.05, 3.63) is 68.3 Å². The van der Waals surface area contributed by atoms with Crippen LogP contribution in [0.25, 0.3) is 0 Å². The molecule has 2 N–H and O–H groups in total. The summed E-state index contributed by atoms with van der Waals surface area (Å²) in [4.78, 5) is 20.9. The van der Waals surface area contributed by atoms with Crippen LogP contribution >= 0.6 is 22.6 Å². The highest BCUT2D eigenvalue weighted by molar-refractivity contribution is 14.1. The number of aromatic carboxylic acids is 2. The molecule has 2 aromatic carbocycles. The fourth-order valence-electron chi connectivity index (χ4n) is 1.58. The SMILES string of the molecule is Cc1ccc(I)c(C(=O)O)c1.Cc1cccc(C(=O)O)c1. The molecule has 0 aliphatic heterocycles. The van der Waals surface area contributed by atoms with Crippen LogP contribution in [-0.2, 0) is 0 Å². The molecule has 21 heavy (non-hydrogen) atoms. The van der Waals surface area contributed by atoms with Crippen molar-refractivity contribution in [1.82, 2.24) is 0 Å². The predicted molar refractivity (Wildman–Crippen MR) is 89.0 cm³/mol. The lowest BCUT2D eigenvalue weighted by molar-refractivity contribution is 0.0685. The largest absolute Gasteiger partial charge is 0.478 e. The predicted octanol–water partition coefficient (Wildman–Crippen LogP) is 3.99. The van der Waals surface area contributed by atoms with Crippen molar-refractivity contribution in [2.24, 2.45) is 0 Å². The number of aryl methyl sites for hydroxylation is 2. The minimum Gasteiger partial charge on any atom is -0.478 e. The van der Waals surface area contributed by atoms with Crippen LogP contribution in [0.4, 0.5) is 0 Å². The number of carbonyl (C=O) groups is 2. The molecule has 0 spiro atoms. The van der Waals surface area contributed by atoms with Gasteiger partial charge in [0.2, 0.25) is 0 Å². The highest BCUT2D eigenvalue weighted by atomic mass is 127. The van der Waals surface area contributed by atoms with Crippen molar-refractivity contribution in [3.8, 4) is 0 Å². The molecule has 0 unspecified atom stereocenters. The smallest absolute Gasteiger partial charge is 0.336 e. The van der Waals surface area contributed by atoms with Crippen LogP contribution in [0.2, 0.25) is 0 Å². The third-order valence-electron chi connectivity index (χ3n) is 2.62. The summed E-state index contributed by atoms with van der Waals surface area (Å²) < 4.78 is 0.778. The summed E-state index contributed by atoms with van der Waals surface area (Å²) in [5, 5.41) is 17.2. The molecule has 0 fully saturated rings. The first kappa shape index (κ1) is 17.2. The molecular formula is C16H15IO4. The van der Waals surface area contributed by atoms with Crippen molar-refractivity contribution >= 4 is 34.5 Å². The van der Waals surface area contributed by atoms with Gasteiger partial charge in [-0.15, -0.1) is 0 Å². The summed E-state index contributed by atoms with van der Waals surface area (Å²) in [5.74, 6) is -1.73. The Morgan fingerprint density at radius 1 is 0.905 bits per heavy atom. The zero-order valence-corrected chi connectivity index (χ0v) is 13.8. The van der Waals surface area contributed by atoms with Gasteiger partial charge in [0, 0.05) is 3.57 Å². The number of hydrogen-bond donors (Lipinski definition) is 2. The first-order chi connectivity index (χ1) is 9.81. The van der Waals surface area contributed by atoms with Gasteiger partial charge in [-0.25, -0.2) is 9.59 Å². The average Bonchev–Trinajstić information content (AvgIpc) is 2.42. The van der Waals surface area contributed by atoms with E-state index in [2.05, 4.69) is 0 Å². The molecule has 0 aliphatic carbocycles. The summed E-state index contributed by atoms with van der Waals surface area (Å²) in [6.07, 6.45) is 0. The van der Waals surface area contributed by atoms with Gasteiger partial charge in [-0.3, -0.25) is 0 Å². The Morgan fingerprint density at radius 3 is 1.95 bits per heavy atom. The number of carboxylic acid groups (broad SMARTS) is 2. The van der Waals surface area contributed by atoms with Crippen LogP contribution in [-0.4, -0.2) is 22.2 Å². The minimum absolute atomic E-state index is 0.347. The quantitative estimate of drug-likeness (QED) is 0.751. The van der Waals surface area contributed by atoms with Gasteiger partial charge in [-0.2, -0.15) is 0 Å². The molecule has 110 valence electrons. The van der Waals surface area contributed by atoms with Gasteiger partial charge >= 0.3 is 11.9 Å². The van der Waals surface area contributed by atoms with Gasteiger partial charge in [0.25, 0.3) is 0 Å². The molecule has 0 amide bonds. The van der Waals surface area contributed by atoms with E-state index >= 15 is 0 Å². The molecule has 0 saturated carbocycles. The summed E-state index contributed by atoms with van der Waals surface area (Å²) in [5.41, 5.74) is 2.67. The normalized spacial score (nSPS) is 9.48. The third-order valence-corrected chi connectivity index (χ3v) is 3.56. The Bertz CT molecular complexity index is 665. The topological polar surface area (TPSA) is 74.6 Å². The van der Waals surface area contributed by atoms with E-state index in [9.17, 15) is 9.59 Å². The van der Waals surface area contributed by atoms with Crippen molar-refractivity contribution in [2.45, 2.75) is 13.8 Å². The van der Waals surface area contributed by atoms with Gasteiger partial charge in [-0.1, -0.05) is 29.3 Å². The van der Waals surface area contributed by atoms with Crippen LogP contribution in [0, 0.1) is 17.4 Å². The second-order valence-electron chi connectivity index (χ2n) is 4.46. The first-order valence-electron chi connectivity index (χ1n) is 6.10. The van der Waals surface area contributed by atoms with E-state index in [0.717, 1.165) is 14.7 Å². The fraction of sp³-hybridized carbons (Fsp3) is 0.125. The molecule has 4 nitrogen and oxygen atoms in total. The van der Waals surface area contributed by atoms with E-state index in [4.69, 9.17) is 10.2 Å². The molecule has 2 aromatic rings. The van der Waals surface area contributed by atoms with E-state index in [-0.39, 0.29) is 0 Å². The minimum atomic E-state index is -0.872. The van der Waals surface area contributed by atoms with Gasteiger partial charge in [0.1, 0.15) is 0 Å². The van der Waals surface area contributed by atoms with Crippen LogP contribution in [0.15, 0.2) is 42.5 Å². The highest BCUT2D eigenvalue weighted by Gasteiger charge is 2.06. The summed E-state index contributed by atoms with van der Waals surface area (Å²) in [6.45, 7) is 3.74. The molecule has 0 aromatic heterocycles. The Hall–Kier alpha value is -1.89. The van der Waals surface area contributed by atoms with Crippen LogP contribution in [0.1, 0.15) is 31.8 Å². The van der Waals surface area contributed by atoms with Crippen LogP contribution < -0.4 is 0 Å². The van der Waals surface area contributed by atoms with Crippen molar-refractivity contribution < 1.29 is 19.8 Å². The molecule has 0 heterocycles. The maximum absolute atomic E-state index is 10.6. The van der Waals surface area contributed by atoms with Gasteiger partial charge < -0.3 is 10.2 Å². The Morgan fingerprint density at radius 2 is 1.52 bits per heavy atom. The van der Waals surface area contributed by atoms with E-state index in [0.29, 0.717) is 11.1 Å². The molecular weight excluding hydrogens is 383 g/mol. The van der Waals surface area contributed by atoms with E-state index in [1.165, 1.54) is 0 Å². The summed E-state index contributed by atoms with van der Waals surface area (Å²) in [6, 6.07) is 12.2. The molecule has 0 atom stereocenters. The maximum Gasteiger partial charge on any atom is 0.336 e. The van der Waals surface area contributed by atoms with Gasteiger partial charge in [0.15, 0.2) is 0 Å². The Kier molecular flexibility index (Phi) is 6.36. The van der Waals surface area contributed by atoms with Crippen molar-refractivity contribution in [1.29, 1.82) is 0 Å². The highest BCUT2D eigenvalue weighted by Crippen LogP contribution is 2.13. The Balaban J connectivity index is 0.000000211. The molecule has 5 heteroatoms. The van der Waals surface area contributed by atoms with Crippen molar-refractivity contribution in [3.63, 3.8) is 0 Å². The zero-order valence-electron chi connectivity index (χ0n) is 11.6. The number of benzene rings is 2. The van der Waals surface area contributed by atoms with E-state index < -0.39 is 11.9 Å². The number of carboxylic acids is 2. The monoisotopic (exact) mass is 398 g/mol. The Labute approximate surface area is 136 Å². The zero-order chi connectivity index (χ0) is 16.0. The number of rotatable bonds is 2.